The van der Waals surface area contributed by atoms with Gasteiger partial charge in [-0.05, 0) is 62.0 Å². The Labute approximate surface area is 195 Å². The summed E-state index contributed by atoms with van der Waals surface area (Å²) in [7, 11) is 1.63. The quantitative estimate of drug-likeness (QED) is 0.378. The highest BCUT2D eigenvalue weighted by atomic mass is 35.5. The lowest BCUT2D eigenvalue weighted by molar-refractivity contribution is 0.281. The van der Waals surface area contributed by atoms with Crippen LogP contribution in [0.2, 0.25) is 5.02 Å². The monoisotopic (exact) mass is 458 g/mol. The van der Waals surface area contributed by atoms with Crippen LogP contribution >= 0.6 is 23.8 Å². The van der Waals surface area contributed by atoms with Crippen LogP contribution in [-0.4, -0.2) is 53.2 Å². The fraction of sp³-hybridized carbons (Fsp3) is 0.375. The Bertz CT molecular complexity index is 1000. The van der Waals surface area contributed by atoms with E-state index in [2.05, 4.69) is 58.3 Å². The van der Waals surface area contributed by atoms with Crippen LogP contribution < -0.4 is 10.1 Å². The number of aromatic nitrogens is 1. The van der Waals surface area contributed by atoms with Crippen LogP contribution in [0.25, 0.3) is 10.9 Å². The Balaban J connectivity index is 1.78. The van der Waals surface area contributed by atoms with E-state index in [0.29, 0.717) is 15.9 Å². The highest BCUT2D eigenvalue weighted by Gasteiger charge is 2.15. The number of H-pyrrole nitrogens is 1. The summed E-state index contributed by atoms with van der Waals surface area (Å²) in [5, 5.41) is 5.89. The van der Waals surface area contributed by atoms with Crippen LogP contribution in [0.15, 0.2) is 48.7 Å². The van der Waals surface area contributed by atoms with Crippen molar-refractivity contribution in [2.75, 3.05) is 38.6 Å². The summed E-state index contributed by atoms with van der Waals surface area (Å²) in [6, 6.07) is 13.9. The van der Waals surface area contributed by atoms with Crippen molar-refractivity contribution in [3.05, 3.63) is 59.2 Å². The summed E-state index contributed by atoms with van der Waals surface area (Å²) in [5.41, 5.74) is 3.18. The third kappa shape index (κ3) is 6.12. The van der Waals surface area contributed by atoms with E-state index in [0.717, 1.165) is 50.3 Å². The predicted octanol–water partition coefficient (Wildman–Crippen LogP) is 5.76. The van der Waals surface area contributed by atoms with Gasteiger partial charge in [0.05, 0.1) is 12.8 Å². The zero-order chi connectivity index (χ0) is 22.2. The zero-order valence-corrected chi connectivity index (χ0v) is 20.0. The molecule has 166 valence electrons. The number of aromatic amines is 1. The van der Waals surface area contributed by atoms with Crippen molar-refractivity contribution in [2.24, 2.45) is 0 Å². The van der Waals surface area contributed by atoms with Crippen LogP contribution in [0, 0.1) is 0 Å². The number of thiocarbonyl (C=S) groups is 1. The third-order valence-corrected chi connectivity index (χ3v) is 6.12. The highest BCUT2D eigenvalue weighted by molar-refractivity contribution is 7.80. The lowest BCUT2D eigenvalue weighted by Gasteiger charge is -2.28. The minimum absolute atomic E-state index is 0.628. The van der Waals surface area contributed by atoms with Gasteiger partial charge in [0.1, 0.15) is 5.75 Å². The number of rotatable bonds is 10. The SMILES string of the molecule is CCN(CC)CCCN(Cc1c[nH]c2ccccc12)C(=S)Nc1ccc(Cl)cc1OC. The fourth-order valence-electron chi connectivity index (χ4n) is 3.71. The Hall–Kier alpha value is -2.28. The van der Waals surface area contributed by atoms with E-state index in [1.54, 1.807) is 13.2 Å². The summed E-state index contributed by atoms with van der Waals surface area (Å²) >= 11 is 11.9. The van der Waals surface area contributed by atoms with Gasteiger partial charge in [0.2, 0.25) is 0 Å². The molecule has 1 heterocycles. The van der Waals surface area contributed by atoms with Gasteiger partial charge >= 0.3 is 0 Å². The zero-order valence-electron chi connectivity index (χ0n) is 18.5. The first-order valence-corrected chi connectivity index (χ1v) is 11.5. The molecule has 3 rings (SSSR count). The van der Waals surface area contributed by atoms with Gasteiger partial charge in [-0.2, -0.15) is 0 Å². The molecule has 0 aliphatic heterocycles. The van der Waals surface area contributed by atoms with Crippen LogP contribution in [0.3, 0.4) is 0 Å². The first-order valence-electron chi connectivity index (χ1n) is 10.7. The summed E-state index contributed by atoms with van der Waals surface area (Å²) < 4.78 is 5.48. The normalized spacial score (nSPS) is 11.1. The molecule has 0 saturated heterocycles. The average molecular weight is 459 g/mol. The van der Waals surface area contributed by atoms with Crippen LogP contribution in [0.4, 0.5) is 5.69 Å². The van der Waals surface area contributed by atoms with Crippen molar-refractivity contribution in [3.8, 4) is 5.75 Å². The molecule has 0 aliphatic rings. The number of methoxy groups -OCH3 is 1. The van der Waals surface area contributed by atoms with E-state index < -0.39 is 0 Å². The van der Waals surface area contributed by atoms with E-state index in [-0.39, 0.29) is 0 Å². The molecule has 0 fully saturated rings. The Morgan fingerprint density at radius 3 is 2.65 bits per heavy atom. The minimum Gasteiger partial charge on any atom is -0.495 e. The van der Waals surface area contributed by atoms with E-state index in [4.69, 9.17) is 28.6 Å². The highest BCUT2D eigenvalue weighted by Crippen LogP contribution is 2.28. The van der Waals surface area contributed by atoms with Crippen molar-refractivity contribution < 1.29 is 4.74 Å². The summed E-state index contributed by atoms with van der Waals surface area (Å²) in [6.07, 6.45) is 3.11. The molecule has 2 N–H and O–H groups in total. The second-order valence-electron chi connectivity index (χ2n) is 7.44. The van der Waals surface area contributed by atoms with Crippen LogP contribution in [0.5, 0.6) is 5.75 Å². The number of halogens is 1. The summed E-state index contributed by atoms with van der Waals surface area (Å²) in [6.45, 7) is 9.15. The van der Waals surface area contributed by atoms with E-state index in [9.17, 15) is 0 Å². The number of hydrogen-bond acceptors (Lipinski definition) is 3. The molecule has 0 bridgehead atoms. The van der Waals surface area contributed by atoms with Crippen molar-refractivity contribution in [1.29, 1.82) is 0 Å². The molecule has 3 aromatic rings. The molecule has 31 heavy (non-hydrogen) atoms. The van der Waals surface area contributed by atoms with Gasteiger partial charge in [-0.15, -0.1) is 0 Å². The summed E-state index contributed by atoms with van der Waals surface area (Å²) in [5.74, 6) is 0.671. The predicted molar refractivity (Wildman–Crippen MR) is 135 cm³/mol. The molecule has 1 aromatic heterocycles. The molecular weight excluding hydrogens is 428 g/mol. The number of hydrogen-bond donors (Lipinski definition) is 2. The minimum atomic E-state index is 0.628. The van der Waals surface area contributed by atoms with Crippen molar-refractivity contribution >= 4 is 45.5 Å². The maximum atomic E-state index is 6.11. The van der Waals surface area contributed by atoms with Crippen molar-refractivity contribution in [2.45, 2.75) is 26.8 Å². The van der Waals surface area contributed by atoms with Gasteiger partial charge in [0.25, 0.3) is 0 Å². The lowest BCUT2D eigenvalue weighted by Crippen LogP contribution is -2.36. The standard InChI is InChI=1S/C24H31ClN4OS/c1-4-28(5-2)13-8-14-29(17-18-16-26-21-10-7-6-9-20(18)21)24(31)27-22-12-11-19(25)15-23(22)30-3/h6-7,9-12,15-16,26H,4-5,8,13-14,17H2,1-3H3,(H,27,31). The van der Waals surface area contributed by atoms with Gasteiger partial charge in [-0.3, -0.25) is 0 Å². The van der Waals surface area contributed by atoms with Gasteiger partial charge < -0.3 is 24.8 Å². The Kier molecular flexibility index (Phi) is 8.58. The molecule has 0 aliphatic carbocycles. The Morgan fingerprint density at radius 2 is 1.90 bits per heavy atom. The number of nitrogens with zero attached hydrogens (tertiary/aromatic N) is 2. The van der Waals surface area contributed by atoms with Gasteiger partial charge in [-0.1, -0.05) is 43.6 Å². The van der Waals surface area contributed by atoms with Crippen LogP contribution in [-0.2, 0) is 6.54 Å². The molecule has 0 amide bonds. The molecule has 5 nitrogen and oxygen atoms in total. The molecule has 0 unspecified atom stereocenters. The maximum Gasteiger partial charge on any atom is 0.173 e. The third-order valence-electron chi connectivity index (χ3n) is 5.53. The number of ether oxygens (including phenoxy) is 1. The number of nitrogens with one attached hydrogen (secondary N) is 2. The maximum absolute atomic E-state index is 6.11. The van der Waals surface area contributed by atoms with E-state index >= 15 is 0 Å². The lowest BCUT2D eigenvalue weighted by atomic mass is 10.1. The number of fused-ring (bicyclic) bond motifs is 1. The fourth-order valence-corrected chi connectivity index (χ4v) is 4.14. The topological polar surface area (TPSA) is 43.5 Å². The molecule has 0 radical (unpaired) electrons. The largest absolute Gasteiger partial charge is 0.495 e. The van der Waals surface area contributed by atoms with Crippen molar-refractivity contribution in [3.63, 3.8) is 0 Å². The molecule has 0 atom stereocenters. The summed E-state index contributed by atoms with van der Waals surface area (Å²) in [4.78, 5) is 8.02. The van der Waals surface area contributed by atoms with Gasteiger partial charge in [0, 0.05) is 41.3 Å². The van der Waals surface area contributed by atoms with Gasteiger partial charge in [-0.25, -0.2) is 0 Å². The number of para-hydroxylation sites is 1. The molecule has 0 saturated carbocycles. The Morgan fingerprint density at radius 1 is 1.13 bits per heavy atom. The average Bonchev–Trinajstić information content (AvgIpc) is 3.20. The van der Waals surface area contributed by atoms with Crippen molar-refractivity contribution in [1.82, 2.24) is 14.8 Å². The molecule has 7 heteroatoms. The molecule has 0 spiro atoms. The number of benzene rings is 2. The van der Waals surface area contributed by atoms with E-state index in [1.807, 2.05) is 18.2 Å². The first kappa shape index (κ1) is 23.4. The van der Waals surface area contributed by atoms with Gasteiger partial charge in [0.15, 0.2) is 5.11 Å². The number of anilines is 1. The first-order chi connectivity index (χ1) is 15.0. The van der Waals surface area contributed by atoms with E-state index in [1.165, 1.54) is 10.9 Å². The second-order valence-corrected chi connectivity index (χ2v) is 8.26. The second kappa shape index (κ2) is 11.4. The van der Waals surface area contributed by atoms with Crippen LogP contribution in [0.1, 0.15) is 25.8 Å². The molecule has 2 aromatic carbocycles. The smallest absolute Gasteiger partial charge is 0.173 e. The molecular formula is C24H31ClN4OS.